The van der Waals surface area contributed by atoms with Gasteiger partial charge in [0.05, 0.1) is 28.2 Å². The molecule has 0 radical (unpaired) electrons. The normalized spacial score (nSPS) is 15.1. The maximum Gasteiger partial charge on any atom is 0.159 e. The summed E-state index contributed by atoms with van der Waals surface area (Å²) in [6.07, 6.45) is 6.29. The summed E-state index contributed by atoms with van der Waals surface area (Å²) in [6, 6.07) is 77.7. The highest BCUT2D eigenvalue weighted by Crippen LogP contribution is 2.66. The molecule has 1 aliphatic heterocycles. The average Bonchev–Trinajstić information content (AvgIpc) is 3.94. The van der Waals surface area contributed by atoms with Gasteiger partial charge in [0.25, 0.3) is 0 Å². The van der Waals surface area contributed by atoms with Crippen molar-refractivity contribution in [2.45, 2.75) is 69.6 Å². The lowest BCUT2D eigenvalue weighted by atomic mass is 9.64. The van der Waals surface area contributed by atoms with Crippen LogP contribution in [0.1, 0.15) is 92.2 Å². The Kier molecular flexibility index (Phi) is 9.15. The Hall–Kier alpha value is -7.88. The highest BCUT2D eigenvalue weighted by atomic mass is 16.3. The van der Waals surface area contributed by atoms with Crippen LogP contribution in [0.4, 0.5) is 34.1 Å². The zero-order chi connectivity index (χ0) is 46.7. The van der Waals surface area contributed by atoms with Gasteiger partial charge >= 0.3 is 0 Å². The van der Waals surface area contributed by atoms with Gasteiger partial charge in [-0.3, -0.25) is 0 Å². The number of rotatable bonds is 5. The number of nitrogens with zero attached hydrogens (tertiary/aromatic N) is 2. The molecule has 0 N–H and O–H groups in total. The first kappa shape index (κ1) is 41.1. The molecule has 14 rings (SSSR count). The van der Waals surface area contributed by atoms with Gasteiger partial charge in [-0.15, -0.1) is 0 Å². The van der Waals surface area contributed by atoms with Crippen LogP contribution in [0.3, 0.4) is 0 Å². The summed E-state index contributed by atoms with van der Waals surface area (Å²) in [6.45, 7) is 6.89. The van der Waals surface area contributed by atoms with E-state index in [-0.39, 0.29) is 5.41 Å². The van der Waals surface area contributed by atoms with Crippen molar-refractivity contribution in [2.24, 2.45) is 0 Å². The van der Waals surface area contributed by atoms with Crippen LogP contribution in [0.5, 0.6) is 0 Å². The fraction of sp³-hybridized carbons (Fsp3) is 0.164. The molecule has 338 valence electrons. The van der Waals surface area contributed by atoms with Crippen molar-refractivity contribution in [3.05, 3.63) is 240 Å². The standard InChI is InChI=1S/C67H54N2O/c1-66(2,3)45-37-39-47(40-38-45)69(60-35-19-30-53-52-29-18-28-49(64(52)70-65(53)60)43-20-6-4-7-21-43)61-42-57-63(51-27-13-12-26-50(51)61)62-48-25-11-10-22-44(48)36-41-56(62)67(57)54-31-14-16-33-58(54)68(46-23-8-5-9-24-46)59-34-17-15-32-55(59)67/h5,8-19,22-43H,4,6-7,20-21H2,1-3H3. The molecule has 10 aromatic carbocycles. The molecule has 3 nitrogen and oxygen atoms in total. The van der Waals surface area contributed by atoms with Crippen LogP contribution in [0.15, 0.2) is 211 Å². The second-order valence-electron chi connectivity index (χ2n) is 21.0. The van der Waals surface area contributed by atoms with Gasteiger partial charge in [-0.1, -0.05) is 198 Å². The maximum atomic E-state index is 7.38. The second-order valence-corrected chi connectivity index (χ2v) is 21.0. The van der Waals surface area contributed by atoms with Gasteiger partial charge in [0.2, 0.25) is 0 Å². The van der Waals surface area contributed by atoms with Crippen molar-refractivity contribution in [2.75, 3.05) is 9.80 Å². The molecule has 1 spiro atoms. The van der Waals surface area contributed by atoms with Crippen molar-refractivity contribution < 1.29 is 4.42 Å². The number of anilines is 6. The lowest BCUT2D eigenvalue weighted by Gasteiger charge is -2.45. The Bertz CT molecular complexity index is 3820. The highest BCUT2D eigenvalue weighted by Gasteiger charge is 2.53. The third-order valence-corrected chi connectivity index (χ3v) is 16.2. The minimum atomic E-state index is -0.673. The maximum absolute atomic E-state index is 7.38. The molecule has 0 bridgehead atoms. The Balaban J connectivity index is 1.12. The molecule has 1 aromatic heterocycles. The first-order valence-corrected chi connectivity index (χ1v) is 25.4. The van der Waals surface area contributed by atoms with Crippen LogP contribution in [0.25, 0.3) is 54.6 Å². The quantitative estimate of drug-likeness (QED) is 0.172. The summed E-state index contributed by atoms with van der Waals surface area (Å²) in [7, 11) is 0. The van der Waals surface area contributed by atoms with Crippen molar-refractivity contribution in [3.8, 4) is 11.1 Å². The minimum Gasteiger partial charge on any atom is -0.454 e. The largest absolute Gasteiger partial charge is 0.454 e. The van der Waals surface area contributed by atoms with E-state index in [1.807, 2.05) is 0 Å². The first-order valence-electron chi connectivity index (χ1n) is 25.4. The number of benzene rings is 10. The predicted octanol–water partition coefficient (Wildman–Crippen LogP) is 18.9. The van der Waals surface area contributed by atoms with Gasteiger partial charge in [-0.25, -0.2) is 0 Å². The zero-order valence-electron chi connectivity index (χ0n) is 40.0. The molecule has 0 unspecified atom stereocenters. The van der Waals surface area contributed by atoms with E-state index < -0.39 is 5.41 Å². The molecular weight excluding hydrogens is 849 g/mol. The molecule has 70 heavy (non-hydrogen) atoms. The first-order chi connectivity index (χ1) is 34.4. The van der Waals surface area contributed by atoms with Gasteiger partial charge in [0.1, 0.15) is 5.58 Å². The van der Waals surface area contributed by atoms with E-state index in [0.29, 0.717) is 5.92 Å². The zero-order valence-corrected chi connectivity index (χ0v) is 40.0. The van der Waals surface area contributed by atoms with E-state index in [1.165, 1.54) is 115 Å². The second kappa shape index (κ2) is 15.6. The third kappa shape index (κ3) is 5.88. The fourth-order valence-corrected chi connectivity index (χ4v) is 13.0. The summed E-state index contributed by atoms with van der Waals surface area (Å²) in [5, 5.41) is 7.28. The fourth-order valence-electron chi connectivity index (χ4n) is 13.0. The van der Waals surface area contributed by atoms with Crippen LogP contribution < -0.4 is 9.80 Å². The van der Waals surface area contributed by atoms with Crippen LogP contribution in [-0.4, -0.2) is 0 Å². The van der Waals surface area contributed by atoms with E-state index in [2.05, 4.69) is 237 Å². The SMILES string of the molecule is CC(C)(C)c1ccc(N(c2cc3c(c4ccccc24)-c2c(ccc4ccccc24)C32c3ccccc3N(c3ccccc3)c3ccccc32)c2cccc3c2oc2c(C4CCCCC4)cccc23)cc1. The lowest BCUT2D eigenvalue weighted by molar-refractivity contribution is 0.442. The molecule has 2 heterocycles. The Morgan fingerprint density at radius 1 is 0.471 bits per heavy atom. The number of fused-ring (bicyclic) bond motifs is 16. The molecule has 1 fully saturated rings. The Labute approximate surface area is 410 Å². The van der Waals surface area contributed by atoms with Crippen molar-refractivity contribution in [1.82, 2.24) is 0 Å². The topological polar surface area (TPSA) is 19.6 Å². The van der Waals surface area contributed by atoms with Gasteiger partial charge in [0.15, 0.2) is 5.58 Å². The molecule has 1 saturated carbocycles. The van der Waals surface area contributed by atoms with E-state index in [4.69, 9.17) is 4.42 Å². The molecule has 0 amide bonds. The van der Waals surface area contributed by atoms with E-state index in [0.717, 1.165) is 39.3 Å². The van der Waals surface area contributed by atoms with Gasteiger partial charge in [-0.2, -0.15) is 0 Å². The van der Waals surface area contributed by atoms with E-state index in [9.17, 15) is 0 Å². The van der Waals surface area contributed by atoms with Gasteiger partial charge in [0, 0.05) is 27.5 Å². The predicted molar refractivity (Wildman–Crippen MR) is 293 cm³/mol. The van der Waals surface area contributed by atoms with Gasteiger partial charge in [-0.05, 0) is 133 Å². The molecule has 11 aromatic rings. The summed E-state index contributed by atoms with van der Waals surface area (Å²) in [5.74, 6) is 0.510. The number of furan rings is 1. The Morgan fingerprint density at radius 2 is 1.07 bits per heavy atom. The molecular formula is C67H54N2O. The molecule has 2 aliphatic carbocycles. The van der Waals surface area contributed by atoms with E-state index in [1.54, 1.807) is 0 Å². The van der Waals surface area contributed by atoms with Gasteiger partial charge < -0.3 is 14.2 Å². The van der Waals surface area contributed by atoms with Crippen LogP contribution in [0.2, 0.25) is 0 Å². The average molecular weight is 903 g/mol. The number of hydrogen-bond donors (Lipinski definition) is 0. The highest BCUT2D eigenvalue weighted by molar-refractivity contribution is 6.18. The van der Waals surface area contributed by atoms with Crippen molar-refractivity contribution >= 4 is 77.6 Å². The number of hydrogen-bond acceptors (Lipinski definition) is 3. The smallest absolute Gasteiger partial charge is 0.159 e. The summed E-state index contributed by atoms with van der Waals surface area (Å²) >= 11 is 0. The summed E-state index contributed by atoms with van der Waals surface area (Å²) in [4.78, 5) is 5.00. The van der Waals surface area contributed by atoms with Crippen LogP contribution >= 0.6 is 0 Å². The van der Waals surface area contributed by atoms with Crippen LogP contribution in [0, 0.1) is 0 Å². The minimum absolute atomic E-state index is 0.00573. The summed E-state index contributed by atoms with van der Waals surface area (Å²) < 4.78 is 7.38. The lowest BCUT2D eigenvalue weighted by Crippen LogP contribution is -2.36. The molecule has 0 atom stereocenters. The molecule has 3 heteroatoms. The number of para-hydroxylation sites is 5. The monoisotopic (exact) mass is 902 g/mol. The van der Waals surface area contributed by atoms with Crippen LogP contribution in [-0.2, 0) is 10.8 Å². The van der Waals surface area contributed by atoms with E-state index >= 15 is 0 Å². The Morgan fingerprint density at radius 3 is 1.80 bits per heavy atom. The third-order valence-electron chi connectivity index (χ3n) is 16.2. The van der Waals surface area contributed by atoms with Crippen molar-refractivity contribution in [1.29, 1.82) is 0 Å². The van der Waals surface area contributed by atoms with Crippen molar-refractivity contribution in [3.63, 3.8) is 0 Å². The summed E-state index contributed by atoms with van der Waals surface area (Å²) in [5.41, 5.74) is 18.4. The molecule has 0 saturated heterocycles. The molecule has 3 aliphatic rings.